The van der Waals surface area contributed by atoms with Crippen molar-refractivity contribution in [3.63, 3.8) is 0 Å². The number of hydrogen-bond acceptors (Lipinski definition) is 12. The Balaban J connectivity index is 0.846. The number of unbranched alkanes of at least 4 members (excludes halogenated alkanes) is 2. The number of rotatable bonds is 17. The smallest absolute Gasteiger partial charge is 0.407 e. The van der Waals surface area contributed by atoms with Gasteiger partial charge in [0, 0.05) is 54.2 Å². The number of aromatic nitrogens is 2. The second-order valence-corrected chi connectivity index (χ2v) is 18.6. The van der Waals surface area contributed by atoms with Crippen molar-refractivity contribution < 1.29 is 52.5 Å². The molecular weight excluding hydrogens is 906 g/mol. The minimum Gasteiger partial charge on any atom is -0.458 e. The minimum absolute atomic E-state index is 0.0249. The number of ether oxygens (including phenoxy) is 2. The number of hydrogen-bond donors (Lipinski definition) is 5. The first-order chi connectivity index (χ1) is 33.4. The summed E-state index contributed by atoms with van der Waals surface area (Å²) in [5.41, 5.74) is 2.96. The van der Waals surface area contributed by atoms with Crippen LogP contribution in [0.1, 0.15) is 117 Å². The molecule has 0 radical (unpaired) electrons. The molecule has 2 aromatic carbocycles. The van der Waals surface area contributed by atoms with E-state index in [0.29, 0.717) is 76.6 Å². The fourth-order valence-electron chi connectivity index (χ4n) is 9.66. The fraction of sp³-hybridized carbons (Fsp3) is 0.431. The Bertz CT molecular complexity index is 2910. The van der Waals surface area contributed by atoms with Crippen molar-refractivity contribution in [2.24, 2.45) is 5.92 Å². The van der Waals surface area contributed by atoms with Crippen LogP contribution in [0.2, 0.25) is 0 Å². The zero-order chi connectivity index (χ0) is 50.2. The average molecular weight is 962 g/mol. The van der Waals surface area contributed by atoms with Crippen LogP contribution in [-0.4, -0.2) is 79.8 Å². The molecular formula is C51H56FN7O11. The summed E-state index contributed by atoms with van der Waals surface area (Å²) in [6.07, 6.45) is 4.40. The van der Waals surface area contributed by atoms with Gasteiger partial charge in [-0.1, -0.05) is 51.5 Å². The molecule has 4 aromatic rings. The van der Waals surface area contributed by atoms with Crippen LogP contribution < -0.4 is 26.8 Å². The molecule has 19 heteroatoms. The summed E-state index contributed by atoms with van der Waals surface area (Å²) in [5.74, 6) is -3.51. The summed E-state index contributed by atoms with van der Waals surface area (Å²) < 4.78 is 27.8. The Morgan fingerprint density at radius 3 is 2.36 bits per heavy atom. The lowest BCUT2D eigenvalue weighted by Crippen LogP contribution is -2.54. The topological polar surface area (TPSA) is 244 Å². The number of nitrogens with zero attached hydrogens (tertiary/aromatic N) is 3. The molecule has 6 amide bonds. The molecule has 3 aliphatic heterocycles. The number of pyridine rings is 2. The number of cyclic esters (lactones) is 1. The van der Waals surface area contributed by atoms with E-state index in [2.05, 4.69) is 21.3 Å². The van der Waals surface area contributed by atoms with Gasteiger partial charge in [-0.3, -0.25) is 33.7 Å². The average Bonchev–Trinajstić information content (AvgIpc) is 3.87. The Kier molecular flexibility index (Phi) is 14.0. The maximum Gasteiger partial charge on any atom is 0.407 e. The number of aliphatic hydroxyl groups is 1. The number of alkyl carbamates (subject to hydrolysis) is 1. The second kappa shape index (κ2) is 20.0. The number of carbonyl (C=O) groups excluding carboxylic acids is 7. The molecule has 5 N–H and O–H groups in total. The number of amides is 6. The van der Waals surface area contributed by atoms with Crippen LogP contribution in [0.3, 0.4) is 0 Å². The Hall–Kier alpha value is -7.28. The minimum atomic E-state index is -2.02. The van der Waals surface area contributed by atoms with Gasteiger partial charge in [0.15, 0.2) is 5.60 Å². The summed E-state index contributed by atoms with van der Waals surface area (Å²) in [6, 6.07) is 7.60. The standard InChI is InChI=1S/C51H56FN7O11/c1-6-51(68)34-20-38-45-32(23-59(38)48(65)33(34)25-69-49(51)66)43-36(16-15-31-27(4)35(52)21-37(55-45)42(31)43)56-50(67)70-24-30-13-11-29(12-14-30)22-53-46(63)28(5)54-47(64)44(26(2)3)57-39(60)10-8-7-9-19-58-40(61)17-18-41(58)62/h11-14,17-18,20-21,26,28,36,44,68H,6-10,15-16,19,22-25H2,1-5H3,(H,53,63)(H,54,64)(H,56,67)(H,57,60)/t28-,36-,44-,51-/m0/s1. The van der Waals surface area contributed by atoms with Gasteiger partial charge in [-0.05, 0) is 85.8 Å². The number of halogens is 1. The molecule has 0 fully saturated rings. The molecule has 18 nitrogen and oxygen atoms in total. The van der Waals surface area contributed by atoms with Crippen molar-refractivity contribution in [2.45, 2.75) is 130 Å². The van der Waals surface area contributed by atoms with Crippen LogP contribution in [0.15, 0.2) is 53.3 Å². The molecule has 5 heterocycles. The monoisotopic (exact) mass is 961 g/mol. The van der Waals surface area contributed by atoms with Crippen LogP contribution in [0, 0.1) is 18.7 Å². The number of benzene rings is 2. The lowest BCUT2D eigenvalue weighted by molar-refractivity contribution is -0.172. The number of nitrogens with one attached hydrogen (secondary N) is 4. The van der Waals surface area contributed by atoms with E-state index in [-0.39, 0.29) is 80.5 Å². The highest BCUT2D eigenvalue weighted by atomic mass is 19.1. The molecule has 4 atom stereocenters. The third kappa shape index (κ3) is 9.53. The third-order valence-electron chi connectivity index (χ3n) is 13.7. The largest absolute Gasteiger partial charge is 0.458 e. The Morgan fingerprint density at radius 1 is 0.943 bits per heavy atom. The summed E-state index contributed by atoms with van der Waals surface area (Å²) in [4.78, 5) is 109. The summed E-state index contributed by atoms with van der Waals surface area (Å²) in [6.45, 7) is 8.57. The van der Waals surface area contributed by atoms with E-state index in [1.165, 1.54) is 22.8 Å². The highest BCUT2D eigenvalue weighted by Crippen LogP contribution is 2.46. The number of fused-ring (bicyclic) bond motifs is 5. The lowest BCUT2D eigenvalue weighted by Gasteiger charge is -2.31. The second-order valence-electron chi connectivity index (χ2n) is 18.6. The van der Waals surface area contributed by atoms with Crippen LogP contribution >= 0.6 is 0 Å². The lowest BCUT2D eigenvalue weighted by atomic mass is 9.81. The van der Waals surface area contributed by atoms with Gasteiger partial charge in [-0.25, -0.2) is 19.0 Å². The van der Waals surface area contributed by atoms with Gasteiger partial charge in [-0.2, -0.15) is 0 Å². The van der Waals surface area contributed by atoms with Gasteiger partial charge in [-0.15, -0.1) is 0 Å². The van der Waals surface area contributed by atoms with E-state index in [9.17, 15) is 43.5 Å². The zero-order valence-corrected chi connectivity index (χ0v) is 39.7. The number of imide groups is 1. The van der Waals surface area contributed by atoms with E-state index < -0.39 is 59.0 Å². The van der Waals surface area contributed by atoms with Crippen molar-refractivity contribution in [1.29, 1.82) is 0 Å². The fourth-order valence-corrected chi connectivity index (χ4v) is 9.66. The normalized spacial score (nSPS) is 18.5. The molecule has 4 aliphatic rings. The number of esters is 1. The van der Waals surface area contributed by atoms with Gasteiger partial charge in [0.2, 0.25) is 17.7 Å². The quantitative estimate of drug-likeness (QED) is 0.0501. The van der Waals surface area contributed by atoms with Crippen molar-refractivity contribution in [3.8, 4) is 11.4 Å². The molecule has 2 aromatic heterocycles. The SMILES string of the molecule is CC[C@@]1(O)C(=O)OCc2c1cc1n(c2=O)Cc2c-1nc1cc(F)c(C)c3c1c2[C@@H](NC(=O)OCc1ccc(CNC(=O)[C@H](C)NC(=O)[C@@H](NC(=O)CCCCCN2C(=O)C=CC2=O)C(C)C)cc1)CC3. The van der Waals surface area contributed by atoms with E-state index in [0.717, 1.165) is 16.0 Å². The van der Waals surface area contributed by atoms with Gasteiger partial charge >= 0.3 is 12.1 Å². The molecule has 0 saturated carbocycles. The number of aryl methyl sites for hydroxylation is 1. The highest BCUT2D eigenvalue weighted by molar-refractivity contribution is 6.12. The zero-order valence-electron chi connectivity index (χ0n) is 39.7. The molecule has 0 saturated heterocycles. The van der Waals surface area contributed by atoms with E-state index in [1.54, 1.807) is 65.0 Å². The Morgan fingerprint density at radius 2 is 1.66 bits per heavy atom. The van der Waals surface area contributed by atoms with E-state index in [1.807, 2.05) is 0 Å². The van der Waals surface area contributed by atoms with Crippen molar-refractivity contribution in [3.05, 3.63) is 109 Å². The predicted molar refractivity (Wildman–Crippen MR) is 251 cm³/mol. The van der Waals surface area contributed by atoms with Crippen LogP contribution in [0.25, 0.3) is 22.3 Å². The van der Waals surface area contributed by atoms with Crippen LogP contribution in [0.4, 0.5) is 9.18 Å². The molecule has 368 valence electrons. The highest BCUT2D eigenvalue weighted by Gasteiger charge is 2.46. The Labute approximate surface area is 402 Å². The molecule has 0 bridgehead atoms. The summed E-state index contributed by atoms with van der Waals surface area (Å²) in [5, 5.41) is 23.3. The summed E-state index contributed by atoms with van der Waals surface area (Å²) >= 11 is 0. The van der Waals surface area contributed by atoms with Crippen molar-refractivity contribution in [2.75, 3.05) is 6.54 Å². The molecule has 1 aliphatic carbocycles. The number of carbonyl (C=O) groups is 7. The van der Waals surface area contributed by atoms with Crippen molar-refractivity contribution >= 4 is 52.5 Å². The van der Waals surface area contributed by atoms with E-state index in [4.69, 9.17) is 14.5 Å². The first-order valence-electron chi connectivity index (χ1n) is 23.6. The predicted octanol–water partition coefficient (Wildman–Crippen LogP) is 4.19. The van der Waals surface area contributed by atoms with Crippen molar-refractivity contribution in [1.82, 2.24) is 35.7 Å². The third-order valence-corrected chi connectivity index (χ3v) is 13.7. The first-order valence-corrected chi connectivity index (χ1v) is 23.6. The van der Waals surface area contributed by atoms with Gasteiger partial charge in [0.05, 0.1) is 35.1 Å². The molecule has 0 spiro atoms. The van der Waals surface area contributed by atoms with Gasteiger partial charge in [0.1, 0.15) is 31.1 Å². The van der Waals surface area contributed by atoms with Crippen LogP contribution in [0.5, 0.6) is 0 Å². The molecule has 8 rings (SSSR count). The maximum absolute atomic E-state index is 15.4. The first kappa shape index (κ1) is 49.2. The van der Waals surface area contributed by atoms with Gasteiger partial charge < -0.3 is 40.4 Å². The molecule has 70 heavy (non-hydrogen) atoms. The maximum atomic E-state index is 15.4. The molecule has 0 unspecified atom stereocenters. The van der Waals surface area contributed by atoms with Crippen LogP contribution in [-0.2, 0) is 76.6 Å². The van der Waals surface area contributed by atoms with E-state index >= 15 is 4.39 Å². The summed E-state index contributed by atoms with van der Waals surface area (Å²) in [7, 11) is 0. The van der Waals surface area contributed by atoms with Gasteiger partial charge in [0.25, 0.3) is 17.4 Å².